The van der Waals surface area contributed by atoms with Crippen molar-refractivity contribution >= 4 is 5.78 Å². The van der Waals surface area contributed by atoms with Gasteiger partial charge in [-0.25, -0.2) is 0 Å². The third kappa shape index (κ3) is 3.87. The first-order chi connectivity index (χ1) is 11.1. The van der Waals surface area contributed by atoms with Gasteiger partial charge in [0.05, 0.1) is 12.7 Å². The van der Waals surface area contributed by atoms with E-state index in [0.717, 1.165) is 35.1 Å². The minimum atomic E-state index is 0.0918. The predicted octanol–water partition coefficient (Wildman–Crippen LogP) is 3.95. The first-order valence-corrected chi connectivity index (χ1v) is 8.21. The quantitative estimate of drug-likeness (QED) is 0.851. The Kier molecular flexibility index (Phi) is 4.89. The number of Topliss-reactive ketones (excluding diaryl/α,β-unsaturated/α-hetero) is 1. The van der Waals surface area contributed by atoms with Crippen LogP contribution < -0.4 is 5.73 Å². The monoisotopic (exact) mass is 309 g/mol. The van der Waals surface area contributed by atoms with E-state index in [-0.39, 0.29) is 17.9 Å². The van der Waals surface area contributed by atoms with E-state index < -0.39 is 0 Å². The first kappa shape index (κ1) is 15.9. The minimum absolute atomic E-state index is 0.0918. The zero-order valence-electron chi connectivity index (χ0n) is 13.5. The van der Waals surface area contributed by atoms with Gasteiger partial charge >= 0.3 is 0 Å². The minimum Gasteiger partial charge on any atom is -0.372 e. The summed E-state index contributed by atoms with van der Waals surface area (Å²) in [6.45, 7) is 2.20. The van der Waals surface area contributed by atoms with Crippen molar-refractivity contribution in [3.8, 4) is 11.1 Å². The Bertz CT molecular complexity index is 661. The molecule has 2 atom stereocenters. The van der Waals surface area contributed by atoms with Crippen LogP contribution in [-0.2, 0) is 11.3 Å². The van der Waals surface area contributed by atoms with Gasteiger partial charge in [0.1, 0.15) is 0 Å². The fourth-order valence-electron chi connectivity index (χ4n) is 3.06. The third-order valence-electron chi connectivity index (χ3n) is 4.55. The number of ether oxygens (including phenoxy) is 1. The molecular formula is C20H23NO2. The van der Waals surface area contributed by atoms with Crippen LogP contribution in [0, 0.1) is 0 Å². The van der Waals surface area contributed by atoms with Crippen molar-refractivity contribution in [2.24, 2.45) is 5.73 Å². The van der Waals surface area contributed by atoms with Gasteiger partial charge in [-0.15, -0.1) is 0 Å². The van der Waals surface area contributed by atoms with Gasteiger partial charge < -0.3 is 10.5 Å². The van der Waals surface area contributed by atoms with E-state index in [9.17, 15) is 4.79 Å². The van der Waals surface area contributed by atoms with Crippen molar-refractivity contribution in [2.75, 3.05) is 0 Å². The lowest BCUT2D eigenvalue weighted by Crippen LogP contribution is -2.31. The lowest BCUT2D eigenvalue weighted by atomic mass is 10.0. The molecule has 0 unspecified atom stereocenters. The molecule has 1 fully saturated rings. The molecule has 3 rings (SSSR count). The van der Waals surface area contributed by atoms with Crippen LogP contribution in [0.4, 0.5) is 0 Å². The molecule has 3 nitrogen and oxygen atoms in total. The number of rotatable bonds is 5. The van der Waals surface area contributed by atoms with Crippen LogP contribution in [0.15, 0.2) is 48.5 Å². The summed E-state index contributed by atoms with van der Waals surface area (Å²) in [4.78, 5) is 11.3. The second kappa shape index (κ2) is 7.07. The molecule has 0 bridgehead atoms. The van der Waals surface area contributed by atoms with Gasteiger partial charge in [0.2, 0.25) is 0 Å². The highest BCUT2D eigenvalue weighted by Gasteiger charge is 2.24. The van der Waals surface area contributed by atoms with Gasteiger partial charge in [-0.2, -0.15) is 0 Å². The lowest BCUT2D eigenvalue weighted by Gasteiger charge is -2.16. The number of ketones is 1. The third-order valence-corrected chi connectivity index (χ3v) is 4.55. The Balaban J connectivity index is 1.63. The highest BCUT2D eigenvalue weighted by Crippen LogP contribution is 2.23. The summed E-state index contributed by atoms with van der Waals surface area (Å²) < 4.78 is 5.93. The number of carbonyl (C=O) groups is 1. The molecule has 2 aromatic rings. The molecular weight excluding hydrogens is 286 g/mol. The number of nitrogens with two attached hydrogens (primary N) is 1. The summed E-state index contributed by atoms with van der Waals surface area (Å²) in [6, 6.07) is 16.3. The Labute approximate surface area is 137 Å². The van der Waals surface area contributed by atoms with E-state index in [1.807, 2.05) is 24.3 Å². The summed E-state index contributed by atoms with van der Waals surface area (Å²) in [7, 11) is 0. The van der Waals surface area contributed by atoms with E-state index in [1.54, 1.807) is 6.92 Å². The summed E-state index contributed by atoms with van der Waals surface area (Å²) >= 11 is 0. The first-order valence-electron chi connectivity index (χ1n) is 8.21. The molecule has 0 radical (unpaired) electrons. The maximum Gasteiger partial charge on any atom is 0.159 e. The normalized spacial score (nSPS) is 20.6. The number of hydrogen-bond donors (Lipinski definition) is 1. The second-order valence-corrected chi connectivity index (χ2v) is 6.27. The average molecular weight is 309 g/mol. The van der Waals surface area contributed by atoms with Gasteiger partial charge in [-0.1, -0.05) is 48.5 Å². The molecule has 120 valence electrons. The van der Waals surface area contributed by atoms with Crippen LogP contribution in [0.3, 0.4) is 0 Å². The summed E-state index contributed by atoms with van der Waals surface area (Å²) in [5.74, 6) is 0.0918. The smallest absolute Gasteiger partial charge is 0.159 e. The lowest BCUT2D eigenvalue weighted by molar-refractivity contribution is 0.0357. The molecule has 2 N–H and O–H groups in total. The molecule has 1 saturated carbocycles. The average Bonchev–Trinajstić information content (AvgIpc) is 2.99. The topological polar surface area (TPSA) is 52.3 Å². The van der Waals surface area contributed by atoms with Crippen molar-refractivity contribution in [3.05, 3.63) is 59.7 Å². The SMILES string of the molecule is CC(=O)c1ccc(-c2ccc(CO[C@H]3CCC[C@@H]3N)cc2)cc1. The van der Waals surface area contributed by atoms with Gasteiger partial charge in [0.15, 0.2) is 5.78 Å². The number of carbonyl (C=O) groups excluding carboxylic acids is 1. The zero-order valence-corrected chi connectivity index (χ0v) is 13.5. The standard InChI is InChI=1S/C20H23NO2/c1-14(22)16-9-11-18(12-10-16)17-7-5-15(6-8-17)13-23-20-4-2-3-19(20)21/h5-12,19-20H,2-4,13,21H2,1H3/t19-,20-/m0/s1. The van der Waals surface area contributed by atoms with Gasteiger partial charge in [0, 0.05) is 11.6 Å². The van der Waals surface area contributed by atoms with E-state index >= 15 is 0 Å². The summed E-state index contributed by atoms with van der Waals surface area (Å²) in [6.07, 6.45) is 3.51. The van der Waals surface area contributed by atoms with Crippen LogP contribution in [-0.4, -0.2) is 17.9 Å². The predicted molar refractivity (Wildman–Crippen MR) is 92.3 cm³/mol. The van der Waals surface area contributed by atoms with Crippen molar-refractivity contribution in [2.45, 2.75) is 44.9 Å². The molecule has 3 heteroatoms. The van der Waals surface area contributed by atoms with Crippen molar-refractivity contribution in [1.82, 2.24) is 0 Å². The maximum absolute atomic E-state index is 11.3. The van der Waals surface area contributed by atoms with Crippen LogP contribution in [0.25, 0.3) is 11.1 Å². The molecule has 0 amide bonds. The largest absolute Gasteiger partial charge is 0.372 e. The van der Waals surface area contributed by atoms with Gasteiger partial charge in [0.25, 0.3) is 0 Å². The molecule has 0 aliphatic heterocycles. The molecule has 1 aliphatic rings. The Hall–Kier alpha value is -1.97. The maximum atomic E-state index is 11.3. The van der Waals surface area contributed by atoms with Crippen LogP contribution in [0.5, 0.6) is 0 Å². The van der Waals surface area contributed by atoms with Crippen LogP contribution >= 0.6 is 0 Å². The second-order valence-electron chi connectivity index (χ2n) is 6.27. The molecule has 0 spiro atoms. The zero-order chi connectivity index (χ0) is 16.2. The van der Waals surface area contributed by atoms with E-state index in [0.29, 0.717) is 6.61 Å². The van der Waals surface area contributed by atoms with E-state index in [4.69, 9.17) is 10.5 Å². The van der Waals surface area contributed by atoms with Crippen LogP contribution in [0.2, 0.25) is 0 Å². The number of hydrogen-bond acceptors (Lipinski definition) is 3. The van der Waals surface area contributed by atoms with Gasteiger partial charge in [-0.3, -0.25) is 4.79 Å². The highest BCUT2D eigenvalue weighted by molar-refractivity contribution is 5.94. The summed E-state index contributed by atoms with van der Waals surface area (Å²) in [5.41, 5.74) is 10.2. The Morgan fingerprint density at radius 1 is 1.04 bits per heavy atom. The van der Waals surface area contributed by atoms with Crippen molar-refractivity contribution in [3.63, 3.8) is 0 Å². The van der Waals surface area contributed by atoms with Crippen molar-refractivity contribution in [1.29, 1.82) is 0 Å². The molecule has 0 saturated heterocycles. The molecule has 1 aliphatic carbocycles. The fourth-order valence-corrected chi connectivity index (χ4v) is 3.06. The van der Waals surface area contributed by atoms with E-state index in [1.165, 1.54) is 6.42 Å². The molecule has 0 aromatic heterocycles. The molecule has 0 heterocycles. The van der Waals surface area contributed by atoms with Crippen LogP contribution in [0.1, 0.15) is 42.1 Å². The fraction of sp³-hybridized carbons (Fsp3) is 0.350. The summed E-state index contributed by atoms with van der Waals surface area (Å²) in [5, 5.41) is 0. The highest BCUT2D eigenvalue weighted by atomic mass is 16.5. The Morgan fingerprint density at radius 3 is 2.17 bits per heavy atom. The van der Waals surface area contributed by atoms with Gasteiger partial charge in [-0.05, 0) is 42.9 Å². The number of benzene rings is 2. The van der Waals surface area contributed by atoms with E-state index in [2.05, 4.69) is 24.3 Å². The molecule has 23 heavy (non-hydrogen) atoms. The Morgan fingerprint density at radius 2 is 1.65 bits per heavy atom. The van der Waals surface area contributed by atoms with Crippen molar-refractivity contribution < 1.29 is 9.53 Å². The molecule has 2 aromatic carbocycles.